The highest BCUT2D eigenvalue weighted by atomic mass is 16.3. The van der Waals surface area contributed by atoms with E-state index in [0.717, 1.165) is 31.7 Å². The molecule has 0 radical (unpaired) electrons. The number of rotatable bonds is 5. The van der Waals surface area contributed by atoms with Gasteiger partial charge in [0.25, 0.3) is 0 Å². The lowest BCUT2D eigenvalue weighted by Gasteiger charge is -2.26. The Morgan fingerprint density at radius 2 is 2.05 bits per heavy atom. The molecule has 1 aromatic carbocycles. The van der Waals surface area contributed by atoms with Crippen molar-refractivity contribution in [1.82, 2.24) is 14.7 Å². The van der Waals surface area contributed by atoms with E-state index in [4.69, 9.17) is 5.11 Å². The van der Waals surface area contributed by atoms with Crippen LogP contribution in [0.5, 0.6) is 0 Å². The van der Waals surface area contributed by atoms with Crippen molar-refractivity contribution >= 4 is 5.57 Å². The minimum Gasteiger partial charge on any atom is -0.394 e. The van der Waals surface area contributed by atoms with Crippen molar-refractivity contribution in [1.29, 1.82) is 0 Å². The zero-order chi connectivity index (χ0) is 15.4. The minimum absolute atomic E-state index is 0.132. The van der Waals surface area contributed by atoms with Crippen LogP contribution in [-0.2, 0) is 13.1 Å². The molecule has 1 aliphatic heterocycles. The summed E-state index contributed by atoms with van der Waals surface area (Å²) in [4.78, 5) is 2.44. The second-order valence-electron chi connectivity index (χ2n) is 5.81. The summed E-state index contributed by atoms with van der Waals surface area (Å²) in [5.74, 6) is 0. The van der Waals surface area contributed by atoms with E-state index in [0.29, 0.717) is 6.54 Å². The number of hydrogen-bond donors (Lipinski definition) is 1. The summed E-state index contributed by atoms with van der Waals surface area (Å²) in [5, 5.41) is 13.4. The highest BCUT2D eigenvalue weighted by Crippen LogP contribution is 2.23. The summed E-state index contributed by atoms with van der Waals surface area (Å²) in [5.41, 5.74) is 5.11. The summed E-state index contributed by atoms with van der Waals surface area (Å²) in [7, 11) is 0. The molecule has 0 spiro atoms. The van der Waals surface area contributed by atoms with E-state index in [-0.39, 0.29) is 6.61 Å². The van der Waals surface area contributed by atoms with Gasteiger partial charge in [-0.1, -0.05) is 36.4 Å². The largest absolute Gasteiger partial charge is 0.394 e. The normalized spacial score (nSPS) is 15.8. The summed E-state index contributed by atoms with van der Waals surface area (Å²) in [6.45, 7) is 5.72. The first-order chi connectivity index (χ1) is 10.8. The van der Waals surface area contributed by atoms with Crippen LogP contribution in [0.25, 0.3) is 5.57 Å². The Hall–Kier alpha value is -1.91. The molecule has 0 unspecified atom stereocenters. The van der Waals surface area contributed by atoms with Gasteiger partial charge in [-0.3, -0.25) is 9.58 Å². The van der Waals surface area contributed by atoms with Gasteiger partial charge in [-0.05, 0) is 24.5 Å². The molecule has 0 fully saturated rings. The van der Waals surface area contributed by atoms with Gasteiger partial charge in [0.05, 0.1) is 18.8 Å². The average Bonchev–Trinajstić information content (AvgIpc) is 2.89. The Kier molecular flexibility index (Phi) is 4.71. The Morgan fingerprint density at radius 3 is 2.73 bits per heavy atom. The van der Waals surface area contributed by atoms with Gasteiger partial charge in [-0.15, -0.1) is 0 Å². The number of aryl methyl sites for hydroxylation is 1. The first kappa shape index (κ1) is 15.0. The van der Waals surface area contributed by atoms with E-state index in [9.17, 15) is 0 Å². The minimum atomic E-state index is 0.132. The van der Waals surface area contributed by atoms with E-state index >= 15 is 0 Å². The third-order valence-electron chi connectivity index (χ3n) is 4.21. The van der Waals surface area contributed by atoms with Gasteiger partial charge in [-0.25, -0.2) is 0 Å². The Balaban J connectivity index is 1.63. The van der Waals surface area contributed by atoms with Gasteiger partial charge in [0, 0.05) is 31.4 Å². The Labute approximate surface area is 131 Å². The summed E-state index contributed by atoms with van der Waals surface area (Å²) in [6, 6.07) is 10.6. The molecule has 1 aliphatic rings. The predicted molar refractivity (Wildman–Crippen MR) is 88.4 cm³/mol. The quantitative estimate of drug-likeness (QED) is 0.922. The summed E-state index contributed by atoms with van der Waals surface area (Å²) < 4.78 is 1.83. The monoisotopic (exact) mass is 297 g/mol. The molecule has 4 nitrogen and oxygen atoms in total. The van der Waals surface area contributed by atoms with Crippen LogP contribution >= 0.6 is 0 Å². The molecule has 0 saturated carbocycles. The zero-order valence-corrected chi connectivity index (χ0v) is 13.1. The third-order valence-corrected chi connectivity index (χ3v) is 4.21. The maximum atomic E-state index is 9.00. The van der Waals surface area contributed by atoms with E-state index in [1.807, 2.05) is 11.6 Å². The molecule has 2 heterocycles. The van der Waals surface area contributed by atoms with Crippen molar-refractivity contribution in [2.45, 2.75) is 26.4 Å². The van der Waals surface area contributed by atoms with Gasteiger partial charge in [-0.2, -0.15) is 5.10 Å². The molecule has 4 heteroatoms. The standard InChI is InChI=1S/C18H23N3O/c1-15-18(14-21(19-15)11-12-22)13-20-9-7-17(8-10-20)16-5-3-2-4-6-16/h2-7,14,22H,8-13H2,1H3. The Bertz CT molecular complexity index is 646. The average molecular weight is 297 g/mol. The molecule has 116 valence electrons. The van der Waals surface area contributed by atoms with Gasteiger partial charge < -0.3 is 5.11 Å². The van der Waals surface area contributed by atoms with Gasteiger partial charge in [0.1, 0.15) is 0 Å². The molecule has 0 atom stereocenters. The van der Waals surface area contributed by atoms with Gasteiger partial charge in [0.15, 0.2) is 0 Å². The van der Waals surface area contributed by atoms with Crippen LogP contribution in [0, 0.1) is 6.92 Å². The zero-order valence-electron chi connectivity index (χ0n) is 13.1. The van der Waals surface area contributed by atoms with Crippen molar-refractivity contribution < 1.29 is 5.11 Å². The van der Waals surface area contributed by atoms with Gasteiger partial charge >= 0.3 is 0 Å². The molecule has 0 saturated heterocycles. The summed E-state index contributed by atoms with van der Waals surface area (Å²) in [6.07, 6.45) is 5.49. The summed E-state index contributed by atoms with van der Waals surface area (Å²) >= 11 is 0. The lowest BCUT2D eigenvalue weighted by Crippen LogP contribution is -2.28. The maximum absolute atomic E-state index is 9.00. The van der Waals surface area contributed by atoms with Gasteiger partial charge in [0.2, 0.25) is 0 Å². The lowest BCUT2D eigenvalue weighted by molar-refractivity contribution is 0.269. The molecule has 1 N–H and O–H groups in total. The second kappa shape index (κ2) is 6.90. The Morgan fingerprint density at radius 1 is 1.23 bits per heavy atom. The van der Waals surface area contributed by atoms with Crippen LogP contribution in [0.3, 0.4) is 0 Å². The first-order valence-corrected chi connectivity index (χ1v) is 7.87. The van der Waals surface area contributed by atoms with Crippen molar-refractivity contribution in [3.05, 3.63) is 59.4 Å². The van der Waals surface area contributed by atoms with Crippen molar-refractivity contribution in [3.8, 4) is 0 Å². The second-order valence-corrected chi connectivity index (χ2v) is 5.81. The van der Waals surface area contributed by atoms with E-state index in [2.05, 4.69) is 52.6 Å². The molecule has 1 aromatic heterocycles. The van der Waals surface area contributed by atoms with E-state index in [1.165, 1.54) is 16.7 Å². The fourth-order valence-electron chi connectivity index (χ4n) is 2.94. The van der Waals surface area contributed by atoms with Crippen LogP contribution in [0.1, 0.15) is 23.2 Å². The van der Waals surface area contributed by atoms with E-state index in [1.54, 1.807) is 0 Å². The SMILES string of the molecule is Cc1nn(CCO)cc1CN1CC=C(c2ccccc2)CC1. The van der Waals surface area contributed by atoms with Crippen LogP contribution < -0.4 is 0 Å². The van der Waals surface area contributed by atoms with Crippen molar-refractivity contribution in [2.24, 2.45) is 0 Å². The molecule has 0 aliphatic carbocycles. The number of aliphatic hydroxyl groups is 1. The molecule has 0 bridgehead atoms. The fraction of sp³-hybridized carbons (Fsp3) is 0.389. The van der Waals surface area contributed by atoms with Crippen LogP contribution in [0.4, 0.5) is 0 Å². The highest BCUT2D eigenvalue weighted by Gasteiger charge is 2.15. The van der Waals surface area contributed by atoms with Crippen LogP contribution in [0.15, 0.2) is 42.6 Å². The third kappa shape index (κ3) is 3.46. The number of aromatic nitrogens is 2. The lowest BCUT2D eigenvalue weighted by atomic mass is 9.99. The van der Waals surface area contributed by atoms with Crippen molar-refractivity contribution in [2.75, 3.05) is 19.7 Å². The molecular weight excluding hydrogens is 274 g/mol. The fourth-order valence-corrected chi connectivity index (χ4v) is 2.94. The highest BCUT2D eigenvalue weighted by molar-refractivity contribution is 5.66. The number of nitrogens with zero attached hydrogens (tertiary/aromatic N) is 3. The number of aliphatic hydroxyl groups excluding tert-OH is 1. The van der Waals surface area contributed by atoms with Crippen molar-refractivity contribution in [3.63, 3.8) is 0 Å². The predicted octanol–water partition coefficient (Wildman–Crippen LogP) is 2.47. The smallest absolute Gasteiger partial charge is 0.0641 e. The molecule has 0 amide bonds. The number of benzene rings is 1. The maximum Gasteiger partial charge on any atom is 0.0641 e. The first-order valence-electron chi connectivity index (χ1n) is 7.87. The molecule has 22 heavy (non-hydrogen) atoms. The van der Waals surface area contributed by atoms with E-state index < -0.39 is 0 Å². The topological polar surface area (TPSA) is 41.3 Å². The van der Waals surface area contributed by atoms with Crippen LogP contribution in [-0.4, -0.2) is 39.5 Å². The van der Waals surface area contributed by atoms with Crippen LogP contribution in [0.2, 0.25) is 0 Å². The number of hydrogen-bond acceptors (Lipinski definition) is 3. The molecular formula is C18H23N3O. The molecule has 3 rings (SSSR count). The molecule has 2 aromatic rings.